The van der Waals surface area contributed by atoms with Crippen LogP contribution in [0.15, 0.2) is 30.3 Å². The van der Waals surface area contributed by atoms with Crippen LogP contribution in [0, 0.1) is 5.92 Å². The summed E-state index contributed by atoms with van der Waals surface area (Å²) in [6.45, 7) is 6.29. The first-order chi connectivity index (χ1) is 8.93. The molecule has 3 heteroatoms. The highest BCUT2D eigenvalue weighted by Gasteiger charge is 2.23. The van der Waals surface area contributed by atoms with Crippen LogP contribution in [-0.2, 0) is 11.2 Å². The highest BCUT2D eigenvalue weighted by atomic mass is 16.2. The van der Waals surface area contributed by atoms with E-state index >= 15 is 0 Å². The topological polar surface area (TPSA) is 46.3 Å². The van der Waals surface area contributed by atoms with Crippen molar-refractivity contribution in [1.29, 1.82) is 0 Å². The van der Waals surface area contributed by atoms with E-state index in [4.69, 9.17) is 5.73 Å². The standard InChI is InChI=1S/C16H26N2O/c1-12(2)13(3)18(4)16(19)15(17)11-10-14-8-6-5-7-9-14/h5-9,12-13,15H,10-11,17H2,1-4H3/t13?,15-/m0/s1. The molecule has 0 aliphatic rings. The zero-order valence-corrected chi connectivity index (χ0v) is 12.5. The normalized spacial score (nSPS) is 14.2. The van der Waals surface area contributed by atoms with Gasteiger partial charge in [0.2, 0.25) is 5.91 Å². The number of nitrogens with zero attached hydrogens (tertiary/aromatic N) is 1. The Balaban J connectivity index is 2.49. The van der Waals surface area contributed by atoms with E-state index in [0.717, 1.165) is 6.42 Å². The van der Waals surface area contributed by atoms with Crippen LogP contribution in [0.1, 0.15) is 32.8 Å². The molecule has 106 valence electrons. The first-order valence-electron chi connectivity index (χ1n) is 6.99. The fourth-order valence-corrected chi connectivity index (χ4v) is 2.00. The smallest absolute Gasteiger partial charge is 0.239 e. The van der Waals surface area contributed by atoms with Crippen molar-refractivity contribution in [3.05, 3.63) is 35.9 Å². The van der Waals surface area contributed by atoms with E-state index in [1.807, 2.05) is 25.2 Å². The predicted molar refractivity (Wildman–Crippen MR) is 79.8 cm³/mol. The second kappa shape index (κ2) is 7.29. The van der Waals surface area contributed by atoms with Crippen molar-refractivity contribution in [3.8, 4) is 0 Å². The van der Waals surface area contributed by atoms with E-state index in [2.05, 4.69) is 32.9 Å². The molecule has 0 aliphatic carbocycles. The first kappa shape index (κ1) is 15.7. The minimum atomic E-state index is -0.411. The van der Waals surface area contributed by atoms with Gasteiger partial charge in [0.15, 0.2) is 0 Å². The average Bonchev–Trinajstić information content (AvgIpc) is 2.43. The molecule has 0 saturated heterocycles. The summed E-state index contributed by atoms with van der Waals surface area (Å²) in [5, 5.41) is 0. The minimum Gasteiger partial charge on any atom is -0.341 e. The molecular weight excluding hydrogens is 236 g/mol. The SMILES string of the molecule is CC(C)C(C)N(C)C(=O)[C@@H](N)CCc1ccccc1. The second-order valence-corrected chi connectivity index (χ2v) is 5.56. The molecule has 2 N–H and O–H groups in total. The Hall–Kier alpha value is -1.35. The Morgan fingerprint density at radius 1 is 1.21 bits per heavy atom. The van der Waals surface area contributed by atoms with Gasteiger partial charge in [0, 0.05) is 13.1 Å². The van der Waals surface area contributed by atoms with Gasteiger partial charge in [-0.3, -0.25) is 4.79 Å². The van der Waals surface area contributed by atoms with E-state index in [1.54, 1.807) is 4.90 Å². The largest absolute Gasteiger partial charge is 0.341 e. The monoisotopic (exact) mass is 262 g/mol. The van der Waals surface area contributed by atoms with Gasteiger partial charge in [0.05, 0.1) is 6.04 Å². The molecule has 0 aromatic heterocycles. The first-order valence-corrected chi connectivity index (χ1v) is 6.99. The molecule has 1 rings (SSSR count). The van der Waals surface area contributed by atoms with Crippen molar-refractivity contribution in [2.45, 2.75) is 45.7 Å². The van der Waals surface area contributed by atoms with E-state index in [1.165, 1.54) is 5.56 Å². The highest BCUT2D eigenvalue weighted by molar-refractivity contribution is 5.81. The lowest BCUT2D eigenvalue weighted by Crippen LogP contribution is -2.47. The number of amides is 1. The number of carbonyl (C=O) groups is 1. The summed E-state index contributed by atoms with van der Waals surface area (Å²) in [4.78, 5) is 14.0. The zero-order valence-electron chi connectivity index (χ0n) is 12.5. The minimum absolute atomic E-state index is 0.0390. The Bertz CT molecular complexity index is 389. The van der Waals surface area contributed by atoms with E-state index in [-0.39, 0.29) is 11.9 Å². The molecule has 2 atom stereocenters. The maximum absolute atomic E-state index is 12.2. The van der Waals surface area contributed by atoms with Crippen molar-refractivity contribution < 1.29 is 4.79 Å². The van der Waals surface area contributed by atoms with Crippen molar-refractivity contribution in [2.75, 3.05) is 7.05 Å². The van der Waals surface area contributed by atoms with Crippen molar-refractivity contribution in [3.63, 3.8) is 0 Å². The van der Waals surface area contributed by atoms with E-state index in [0.29, 0.717) is 12.3 Å². The molecule has 0 spiro atoms. The number of hydrogen-bond donors (Lipinski definition) is 1. The molecule has 1 aromatic rings. The molecule has 0 bridgehead atoms. The van der Waals surface area contributed by atoms with Gasteiger partial charge in [0.25, 0.3) is 0 Å². The maximum atomic E-state index is 12.2. The van der Waals surface area contributed by atoms with Crippen molar-refractivity contribution in [2.24, 2.45) is 11.7 Å². The maximum Gasteiger partial charge on any atom is 0.239 e. The lowest BCUT2D eigenvalue weighted by atomic mass is 10.0. The van der Waals surface area contributed by atoms with Crippen LogP contribution < -0.4 is 5.73 Å². The quantitative estimate of drug-likeness (QED) is 0.856. The molecule has 0 heterocycles. The highest BCUT2D eigenvalue weighted by Crippen LogP contribution is 2.11. The molecule has 1 aromatic carbocycles. The zero-order chi connectivity index (χ0) is 14.4. The Kier molecular flexibility index (Phi) is 6.03. The molecule has 1 amide bonds. The summed E-state index contributed by atoms with van der Waals surface area (Å²) in [7, 11) is 1.84. The number of rotatable bonds is 6. The lowest BCUT2D eigenvalue weighted by molar-refractivity contribution is -0.134. The summed E-state index contributed by atoms with van der Waals surface area (Å²) >= 11 is 0. The number of nitrogens with two attached hydrogens (primary N) is 1. The van der Waals surface area contributed by atoms with Crippen molar-refractivity contribution in [1.82, 2.24) is 4.90 Å². The van der Waals surface area contributed by atoms with Gasteiger partial charge >= 0.3 is 0 Å². The van der Waals surface area contributed by atoms with Gasteiger partial charge < -0.3 is 10.6 Å². The van der Waals surface area contributed by atoms with Crippen LogP contribution in [0.25, 0.3) is 0 Å². The molecule has 1 unspecified atom stereocenters. The number of hydrogen-bond acceptors (Lipinski definition) is 2. The Morgan fingerprint density at radius 3 is 2.32 bits per heavy atom. The number of carbonyl (C=O) groups excluding carboxylic acids is 1. The molecule has 0 aliphatic heterocycles. The molecule has 19 heavy (non-hydrogen) atoms. The second-order valence-electron chi connectivity index (χ2n) is 5.56. The van der Waals surface area contributed by atoms with Crippen LogP contribution in [0.3, 0.4) is 0 Å². The molecule has 0 saturated carbocycles. The van der Waals surface area contributed by atoms with Crippen molar-refractivity contribution >= 4 is 5.91 Å². The van der Waals surface area contributed by atoms with Gasteiger partial charge in [-0.05, 0) is 31.2 Å². The van der Waals surface area contributed by atoms with Crippen LogP contribution in [0.5, 0.6) is 0 Å². The molecule has 0 fully saturated rings. The molecule has 0 radical (unpaired) electrons. The number of likely N-dealkylation sites (N-methyl/N-ethyl adjacent to an activating group) is 1. The third-order valence-corrected chi connectivity index (χ3v) is 3.83. The van der Waals surface area contributed by atoms with Gasteiger partial charge in [-0.25, -0.2) is 0 Å². The summed E-state index contributed by atoms with van der Waals surface area (Å²) in [5.74, 6) is 0.479. The number of aryl methyl sites for hydroxylation is 1. The van der Waals surface area contributed by atoms with Gasteiger partial charge in [0.1, 0.15) is 0 Å². The van der Waals surface area contributed by atoms with Gasteiger partial charge in [-0.2, -0.15) is 0 Å². The number of benzene rings is 1. The van der Waals surface area contributed by atoms with E-state index < -0.39 is 6.04 Å². The fourth-order valence-electron chi connectivity index (χ4n) is 2.00. The van der Waals surface area contributed by atoms with Gasteiger partial charge in [-0.1, -0.05) is 44.2 Å². The summed E-state index contributed by atoms with van der Waals surface area (Å²) < 4.78 is 0. The van der Waals surface area contributed by atoms with Crippen LogP contribution in [-0.4, -0.2) is 29.9 Å². The third-order valence-electron chi connectivity index (χ3n) is 3.83. The Morgan fingerprint density at radius 2 is 1.79 bits per heavy atom. The third kappa shape index (κ3) is 4.67. The summed E-state index contributed by atoms with van der Waals surface area (Å²) in [6.07, 6.45) is 1.54. The van der Waals surface area contributed by atoms with Gasteiger partial charge in [-0.15, -0.1) is 0 Å². The predicted octanol–water partition coefficient (Wildman–Crippen LogP) is 2.45. The molecule has 3 nitrogen and oxygen atoms in total. The van der Waals surface area contributed by atoms with Crippen LogP contribution in [0.2, 0.25) is 0 Å². The van der Waals surface area contributed by atoms with Crippen LogP contribution >= 0.6 is 0 Å². The summed E-state index contributed by atoms with van der Waals surface area (Å²) in [5.41, 5.74) is 7.24. The average molecular weight is 262 g/mol. The van der Waals surface area contributed by atoms with E-state index in [9.17, 15) is 4.79 Å². The fraction of sp³-hybridized carbons (Fsp3) is 0.562. The lowest BCUT2D eigenvalue weighted by Gasteiger charge is -2.30. The Labute approximate surface area is 116 Å². The summed E-state index contributed by atoms with van der Waals surface area (Å²) in [6, 6.07) is 9.95. The van der Waals surface area contributed by atoms with Crippen LogP contribution in [0.4, 0.5) is 0 Å². The molecular formula is C16H26N2O.